The zero-order valence-corrected chi connectivity index (χ0v) is 12.2. The number of hydrogen-bond acceptors (Lipinski definition) is 2. The van der Waals surface area contributed by atoms with Gasteiger partial charge in [-0.2, -0.15) is 0 Å². The number of carbonyl (C=O) groups excluding carboxylic acids is 1. The largest absolute Gasteiger partial charge is 0.449 e. The van der Waals surface area contributed by atoms with Gasteiger partial charge in [0.15, 0.2) is 0 Å². The zero-order chi connectivity index (χ0) is 13.5. The molecule has 1 aromatic rings. The van der Waals surface area contributed by atoms with Gasteiger partial charge in [-0.1, -0.05) is 54.6 Å². The van der Waals surface area contributed by atoms with Crippen molar-refractivity contribution < 1.29 is 9.53 Å². The van der Waals surface area contributed by atoms with E-state index in [1.165, 1.54) is 12.1 Å². The molecule has 1 rings (SSSR count). The van der Waals surface area contributed by atoms with Crippen LogP contribution < -0.4 is 5.32 Å². The van der Waals surface area contributed by atoms with Crippen molar-refractivity contribution in [1.29, 1.82) is 0 Å². The highest BCUT2D eigenvalue weighted by Crippen LogP contribution is 2.33. The van der Waals surface area contributed by atoms with Crippen molar-refractivity contribution in [2.24, 2.45) is 0 Å². The molecule has 0 atom stereocenters. The number of hydrogen-bond donors (Lipinski definition) is 1. The average Bonchev–Trinajstić information content (AvgIpc) is 2.29. The Kier molecular flexibility index (Phi) is 6.61. The number of carbonyl (C=O) groups is 1. The first-order valence-electron chi connectivity index (χ1n) is 5.63. The lowest BCUT2D eigenvalue weighted by molar-refractivity contribution is 0.159. The predicted octanol–water partition coefficient (Wildman–Crippen LogP) is 5.39. The molecule has 6 heteroatoms. The predicted molar refractivity (Wildman–Crippen MR) is 76.0 cm³/mol. The number of unbranched alkanes of at least 4 members (excludes halogenated alkanes) is 2. The molecule has 0 aliphatic heterocycles. The van der Waals surface area contributed by atoms with E-state index in [-0.39, 0.29) is 10.0 Å². The smallest absolute Gasteiger partial charge is 0.411 e. The van der Waals surface area contributed by atoms with E-state index in [1.807, 2.05) is 0 Å². The first kappa shape index (κ1) is 15.4. The van der Waals surface area contributed by atoms with Crippen LogP contribution in [-0.4, -0.2) is 12.7 Å². The van der Waals surface area contributed by atoms with Gasteiger partial charge < -0.3 is 4.74 Å². The molecule has 1 N–H and O–H groups in total. The van der Waals surface area contributed by atoms with Gasteiger partial charge in [0.2, 0.25) is 0 Å². The summed E-state index contributed by atoms with van der Waals surface area (Å²) in [7, 11) is 0. The van der Waals surface area contributed by atoms with Crippen molar-refractivity contribution in [3.8, 4) is 0 Å². The highest BCUT2D eigenvalue weighted by molar-refractivity contribution is 6.42. The van der Waals surface area contributed by atoms with E-state index in [9.17, 15) is 4.79 Å². The molecule has 0 fully saturated rings. The van der Waals surface area contributed by atoms with Gasteiger partial charge in [0, 0.05) is 5.02 Å². The van der Waals surface area contributed by atoms with Gasteiger partial charge >= 0.3 is 6.09 Å². The van der Waals surface area contributed by atoms with Crippen LogP contribution in [0.3, 0.4) is 0 Å². The van der Waals surface area contributed by atoms with Gasteiger partial charge in [-0.15, -0.1) is 0 Å². The Morgan fingerprint density at radius 2 is 1.83 bits per heavy atom. The Labute approximate surface area is 121 Å². The first-order valence-corrected chi connectivity index (χ1v) is 6.76. The summed E-state index contributed by atoms with van der Waals surface area (Å²) in [6, 6.07) is 3.00. The second kappa shape index (κ2) is 7.72. The van der Waals surface area contributed by atoms with Gasteiger partial charge in [-0.05, 0) is 18.6 Å². The highest BCUT2D eigenvalue weighted by Gasteiger charge is 2.11. The quantitative estimate of drug-likeness (QED) is 0.741. The lowest BCUT2D eigenvalue weighted by atomic mass is 10.3. The molecule has 3 nitrogen and oxygen atoms in total. The highest BCUT2D eigenvalue weighted by atomic mass is 35.5. The number of nitrogens with one attached hydrogen (secondary N) is 1. The molecule has 0 radical (unpaired) electrons. The van der Waals surface area contributed by atoms with Gasteiger partial charge in [0.1, 0.15) is 0 Å². The molecule has 0 heterocycles. The Hall–Kier alpha value is -0.640. The minimum Gasteiger partial charge on any atom is -0.449 e. The summed E-state index contributed by atoms with van der Waals surface area (Å²) in [6.45, 7) is 2.45. The third-order valence-electron chi connectivity index (χ3n) is 2.21. The van der Waals surface area contributed by atoms with E-state index in [0.29, 0.717) is 17.3 Å². The maximum Gasteiger partial charge on any atom is 0.411 e. The molecular formula is C12H14Cl3NO2. The summed E-state index contributed by atoms with van der Waals surface area (Å²) in [5.74, 6) is 0. The third-order valence-corrected chi connectivity index (χ3v) is 3.03. The minimum atomic E-state index is -0.572. The number of ether oxygens (including phenoxy) is 1. The number of rotatable bonds is 5. The summed E-state index contributed by atoms with van der Waals surface area (Å²) in [4.78, 5) is 11.5. The maximum absolute atomic E-state index is 11.5. The molecular weight excluding hydrogens is 296 g/mol. The summed E-state index contributed by atoms with van der Waals surface area (Å²) >= 11 is 17.6. The third kappa shape index (κ3) is 4.92. The number of anilines is 1. The minimum absolute atomic E-state index is 0.276. The van der Waals surface area contributed by atoms with Crippen molar-refractivity contribution in [2.75, 3.05) is 11.9 Å². The van der Waals surface area contributed by atoms with Crippen molar-refractivity contribution >= 4 is 46.6 Å². The zero-order valence-electron chi connectivity index (χ0n) is 9.93. The fraction of sp³-hybridized carbons (Fsp3) is 0.417. The number of benzene rings is 1. The van der Waals surface area contributed by atoms with Crippen molar-refractivity contribution in [3.63, 3.8) is 0 Å². The number of halogens is 3. The van der Waals surface area contributed by atoms with Crippen molar-refractivity contribution in [3.05, 3.63) is 27.2 Å². The van der Waals surface area contributed by atoms with Crippen LogP contribution in [0.15, 0.2) is 12.1 Å². The van der Waals surface area contributed by atoms with Crippen LogP contribution in [0.4, 0.5) is 10.5 Å². The standard InChI is InChI=1S/C12H14Cl3NO2/c1-2-3-4-5-18-12(17)16-11-9(14)6-8(13)7-10(11)15/h6-7H,2-5H2,1H3,(H,16,17). The molecule has 0 saturated heterocycles. The van der Waals surface area contributed by atoms with E-state index >= 15 is 0 Å². The molecule has 0 aliphatic rings. The van der Waals surface area contributed by atoms with E-state index < -0.39 is 6.09 Å². The van der Waals surface area contributed by atoms with Crippen LogP contribution in [0, 0.1) is 0 Å². The van der Waals surface area contributed by atoms with Crippen molar-refractivity contribution in [2.45, 2.75) is 26.2 Å². The van der Waals surface area contributed by atoms with Gasteiger partial charge in [-0.3, -0.25) is 5.32 Å². The lowest BCUT2D eigenvalue weighted by Gasteiger charge is -2.10. The molecule has 100 valence electrons. The van der Waals surface area contributed by atoms with E-state index in [2.05, 4.69) is 12.2 Å². The van der Waals surface area contributed by atoms with Gasteiger partial charge in [-0.25, -0.2) is 4.79 Å². The summed E-state index contributed by atoms with van der Waals surface area (Å²) in [6.07, 6.45) is 2.36. The SMILES string of the molecule is CCCCCOC(=O)Nc1c(Cl)cc(Cl)cc1Cl. The molecule has 0 unspecified atom stereocenters. The summed E-state index contributed by atoms with van der Waals surface area (Å²) < 4.78 is 4.99. The van der Waals surface area contributed by atoms with E-state index in [1.54, 1.807) is 0 Å². The van der Waals surface area contributed by atoms with Gasteiger partial charge in [0.05, 0.1) is 22.3 Å². The van der Waals surface area contributed by atoms with Crippen LogP contribution in [0.5, 0.6) is 0 Å². The fourth-order valence-corrected chi connectivity index (χ4v) is 2.23. The van der Waals surface area contributed by atoms with Crippen LogP contribution in [0.2, 0.25) is 15.1 Å². The molecule has 0 aromatic heterocycles. The summed E-state index contributed by atoms with van der Waals surface area (Å²) in [5.41, 5.74) is 0.309. The van der Waals surface area contributed by atoms with E-state index in [0.717, 1.165) is 19.3 Å². The Morgan fingerprint density at radius 1 is 1.22 bits per heavy atom. The Bertz CT molecular complexity index is 401. The van der Waals surface area contributed by atoms with Crippen LogP contribution in [0.25, 0.3) is 0 Å². The topological polar surface area (TPSA) is 38.3 Å². The molecule has 18 heavy (non-hydrogen) atoms. The molecule has 0 aliphatic carbocycles. The molecule has 0 saturated carbocycles. The van der Waals surface area contributed by atoms with E-state index in [4.69, 9.17) is 39.5 Å². The van der Waals surface area contributed by atoms with Crippen LogP contribution >= 0.6 is 34.8 Å². The Morgan fingerprint density at radius 3 is 2.39 bits per heavy atom. The first-order chi connectivity index (χ1) is 8.54. The van der Waals surface area contributed by atoms with Crippen LogP contribution in [-0.2, 0) is 4.74 Å². The molecule has 0 bridgehead atoms. The van der Waals surface area contributed by atoms with Crippen molar-refractivity contribution in [1.82, 2.24) is 0 Å². The maximum atomic E-state index is 11.5. The molecule has 1 amide bonds. The Balaban J connectivity index is 2.54. The normalized spacial score (nSPS) is 10.2. The number of amides is 1. The summed E-state index contributed by atoms with van der Waals surface area (Å²) in [5, 5.41) is 3.46. The fourth-order valence-electron chi connectivity index (χ4n) is 1.32. The van der Waals surface area contributed by atoms with Gasteiger partial charge in [0.25, 0.3) is 0 Å². The molecule has 1 aromatic carbocycles. The van der Waals surface area contributed by atoms with Crippen LogP contribution in [0.1, 0.15) is 26.2 Å². The lowest BCUT2D eigenvalue weighted by Crippen LogP contribution is -2.15. The second-order valence-corrected chi connectivity index (χ2v) is 4.96. The monoisotopic (exact) mass is 309 g/mol. The average molecular weight is 311 g/mol. The molecule has 0 spiro atoms. The second-order valence-electron chi connectivity index (χ2n) is 3.71.